The van der Waals surface area contributed by atoms with Crippen molar-refractivity contribution in [3.8, 4) is 0 Å². The van der Waals surface area contributed by atoms with E-state index in [-0.39, 0.29) is 11.7 Å². The summed E-state index contributed by atoms with van der Waals surface area (Å²) in [6.45, 7) is 8.09. The topological polar surface area (TPSA) is 60.3 Å². The van der Waals surface area contributed by atoms with Gasteiger partial charge in [-0.1, -0.05) is 0 Å². The highest BCUT2D eigenvalue weighted by molar-refractivity contribution is 6.33. The zero-order valence-corrected chi connectivity index (χ0v) is 14.0. The summed E-state index contributed by atoms with van der Waals surface area (Å²) >= 11 is 5.87. The molecule has 1 amide bonds. The molecule has 0 saturated carbocycles. The summed E-state index contributed by atoms with van der Waals surface area (Å²) in [6.07, 6.45) is 0. The minimum Gasteiger partial charge on any atom is -0.383 e. The SMILES string of the molecule is COCCNC(=O)C(C)n1c(C)cc(C(=O)C(C)Cl)c1C. The number of nitrogens with one attached hydrogen (secondary N) is 1. The van der Waals surface area contributed by atoms with Gasteiger partial charge in [-0.25, -0.2) is 0 Å². The Morgan fingerprint density at radius 2 is 2.00 bits per heavy atom. The van der Waals surface area contributed by atoms with Crippen LogP contribution in [0.5, 0.6) is 0 Å². The van der Waals surface area contributed by atoms with Gasteiger partial charge in [-0.2, -0.15) is 0 Å². The molecule has 5 nitrogen and oxygen atoms in total. The third-order valence-electron chi connectivity index (χ3n) is 3.48. The minimum atomic E-state index is -0.579. The van der Waals surface area contributed by atoms with E-state index in [1.165, 1.54) is 0 Å². The van der Waals surface area contributed by atoms with E-state index in [1.54, 1.807) is 27.0 Å². The van der Waals surface area contributed by atoms with Gasteiger partial charge in [0.1, 0.15) is 6.04 Å². The Kier molecular flexibility index (Phi) is 6.42. The maximum absolute atomic E-state index is 12.1. The number of aryl methyl sites for hydroxylation is 1. The number of hydrogen-bond acceptors (Lipinski definition) is 3. The number of amides is 1. The molecule has 0 saturated heterocycles. The number of carbonyl (C=O) groups excluding carboxylic acids is 2. The highest BCUT2D eigenvalue weighted by Gasteiger charge is 2.24. The maximum Gasteiger partial charge on any atom is 0.242 e. The predicted octanol–water partition coefficient (Wildman–Crippen LogP) is 2.24. The lowest BCUT2D eigenvalue weighted by molar-refractivity contribution is -0.124. The number of Topliss-reactive ketones (excluding diaryl/α,β-unsaturated/α-hetero) is 1. The number of nitrogens with zero attached hydrogens (tertiary/aromatic N) is 1. The van der Waals surface area contributed by atoms with Crippen molar-refractivity contribution in [2.45, 2.75) is 39.1 Å². The number of alkyl halides is 1. The Morgan fingerprint density at radius 1 is 1.38 bits per heavy atom. The minimum absolute atomic E-state index is 0.105. The van der Waals surface area contributed by atoms with Crippen LogP contribution in [0.4, 0.5) is 0 Å². The zero-order chi connectivity index (χ0) is 16.2. The summed E-state index contributed by atoms with van der Waals surface area (Å²) in [5, 5.41) is 2.22. The van der Waals surface area contributed by atoms with E-state index in [0.717, 1.165) is 11.4 Å². The summed E-state index contributed by atoms with van der Waals surface area (Å²) < 4.78 is 6.76. The first-order chi connectivity index (χ1) is 9.81. The molecule has 1 aromatic heterocycles. The molecule has 0 spiro atoms. The molecule has 0 radical (unpaired) electrons. The monoisotopic (exact) mass is 314 g/mol. The average Bonchev–Trinajstić information content (AvgIpc) is 2.72. The van der Waals surface area contributed by atoms with Gasteiger partial charge in [-0.05, 0) is 33.8 Å². The van der Waals surface area contributed by atoms with Crippen LogP contribution in [0, 0.1) is 13.8 Å². The molecule has 2 atom stereocenters. The Labute approximate surface area is 130 Å². The van der Waals surface area contributed by atoms with Crippen LogP contribution in [0.3, 0.4) is 0 Å². The largest absolute Gasteiger partial charge is 0.383 e. The summed E-state index contributed by atoms with van der Waals surface area (Å²) in [5.41, 5.74) is 2.20. The molecule has 1 aromatic rings. The quantitative estimate of drug-likeness (QED) is 0.477. The van der Waals surface area contributed by atoms with Crippen LogP contribution in [-0.2, 0) is 9.53 Å². The van der Waals surface area contributed by atoms with Crippen LogP contribution in [-0.4, -0.2) is 41.9 Å². The van der Waals surface area contributed by atoms with E-state index in [4.69, 9.17) is 16.3 Å². The van der Waals surface area contributed by atoms with Gasteiger partial charge in [0.05, 0.1) is 12.0 Å². The van der Waals surface area contributed by atoms with Gasteiger partial charge in [0.2, 0.25) is 5.91 Å². The Bertz CT molecular complexity index is 523. The Balaban J connectivity index is 2.97. The predicted molar refractivity (Wildman–Crippen MR) is 83.1 cm³/mol. The van der Waals surface area contributed by atoms with Crippen LogP contribution < -0.4 is 5.32 Å². The third kappa shape index (κ3) is 4.08. The van der Waals surface area contributed by atoms with Crippen molar-refractivity contribution in [3.63, 3.8) is 0 Å². The van der Waals surface area contributed by atoms with E-state index in [1.807, 2.05) is 18.4 Å². The first kappa shape index (κ1) is 17.7. The number of ketones is 1. The van der Waals surface area contributed by atoms with E-state index in [9.17, 15) is 9.59 Å². The molecular weight excluding hydrogens is 292 g/mol. The van der Waals surface area contributed by atoms with Crippen molar-refractivity contribution in [1.29, 1.82) is 0 Å². The van der Waals surface area contributed by atoms with Gasteiger partial charge in [-0.3, -0.25) is 9.59 Å². The Hall–Kier alpha value is -1.33. The molecule has 0 aliphatic carbocycles. The van der Waals surface area contributed by atoms with Crippen LogP contribution in [0.1, 0.15) is 41.6 Å². The molecule has 21 heavy (non-hydrogen) atoms. The molecule has 0 fully saturated rings. The first-order valence-corrected chi connectivity index (χ1v) is 7.38. The maximum atomic E-state index is 12.1. The van der Waals surface area contributed by atoms with E-state index >= 15 is 0 Å². The van der Waals surface area contributed by atoms with Gasteiger partial charge in [0.15, 0.2) is 5.78 Å². The number of halogens is 1. The molecule has 1 heterocycles. The smallest absolute Gasteiger partial charge is 0.242 e. The number of aromatic nitrogens is 1. The van der Waals surface area contributed by atoms with Gasteiger partial charge in [-0.15, -0.1) is 11.6 Å². The average molecular weight is 315 g/mol. The molecule has 0 aromatic carbocycles. The first-order valence-electron chi connectivity index (χ1n) is 6.94. The third-order valence-corrected chi connectivity index (χ3v) is 3.68. The number of rotatable bonds is 7. The van der Waals surface area contributed by atoms with Crippen LogP contribution in [0.25, 0.3) is 0 Å². The molecular formula is C15H23ClN2O3. The molecule has 0 bridgehead atoms. The molecule has 1 N–H and O–H groups in total. The molecule has 0 aliphatic rings. The lowest BCUT2D eigenvalue weighted by Gasteiger charge is -2.18. The van der Waals surface area contributed by atoms with Crippen molar-refractivity contribution in [2.24, 2.45) is 0 Å². The second-order valence-corrected chi connectivity index (χ2v) is 5.75. The molecule has 118 valence electrons. The normalized spacial score (nSPS) is 13.8. The summed E-state index contributed by atoms with van der Waals surface area (Å²) in [5.74, 6) is -0.227. The highest BCUT2D eigenvalue weighted by Crippen LogP contribution is 2.22. The van der Waals surface area contributed by atoms with Crippen molar-refractivity contribution >= 4 is 23.3 Å². The summed E-state index contributed by atoms with van der Waals surface area (Å²) in [6, 6.07) is 1.39. The van der Waals surface area contributed by atoms with Gasteiger partial charge in [0, 0.05) is 30.6 Å². The standard InChI is InChI=1S/C15H23ClN2O3/c1-9-8-13(14(19)10(2)16)11(3)18(9)12(4)15(20)17-6-7-21-5/h8,10,12H,6-7H2,1-5H3,(H,17,20). The molecule has 1 rings (SSSR count). The van der Waals surface area contributed by atoms with Gasteiger partial charge >= 0.3 is 0 Å². The highest BCUT2D eigenvalue weighted by atomic mass is 35.5. The van der Waals surface area contributed by atoms with E-state index < -0.39 is 11.4 Å². The van der Waals surface area contributed by atoms with Crippen molar-refractivity contribution in [3.05, 3.63) is 23.0 Å². The second kappa shape index (κ2) is 7.61. The van der Waals surface area contributed by atoms with Gasteiger partial charge in [0.25, 0.3) is 0 Å². The number of methoxy groups -OCH3 is 1. The number of ether oxygens (including phenoxy) is 1. The lowest BCUT2D eigenvalue weighted by Crippen LogP contribution is -2.34. The van der Waals surface area contributed by atoms with Crippen molar-refractivity contribution in [1.82, 2.24) is 9.88 Å². The number of carbonyl (C=O) groups is 2. The van der Waals surface area contributed by atoms with E-state index in [2.05, 4.69) is 5.32 Å². The summed E-state index contributed by atoms with van der Waals surface area (Å²) in [4.78, 5) is 24.2. The van der Waals surface area contributed by atoms with Crippen LogP contribution in [0.15, 0.2) is 6.07 Å². The molecule has 0 aliphatic heterocycles. The van der Waals surface area contributed by atoms with Gasteiger partial charge < -0.3 is 14.6 Å². The molecule has 2 unspecified atom stereocenters. The fourth-order valence-electron chi connectivity index (χ4n) is 2.38. The molecule has 6 heteroatoms. The number of hydrogen-bond donors (Lipinski definition) is 1. The Morgan fingerprint density at radius 3 is 2.52 bits per heavy atom. The van der Waals surface area contributed by atoms with Crippen molar-refractivity contribution in [2.75, 3.05) is 20.3 Å². The second-order valence-electron chi connectivity index (χ2n) is 5.09. The van der Waals surface area contributed by atoms with Crippen LogP contribution >= 0.6 is 11.6 Å². The van der Waals surface area contributed by atoms with E-state index in [0.29, 0.717) is 18.7 Å². The fourth-order valence-corrected chi connectivity index (χ4v) is 2.50. The fraction of sp³-hybridized carbons (Fsp3) is 0.600. The summed E-state index contributed by atoms with van der Waals surface area (Å²) in [7, 11) is 1.58. The lowest BCUT2D eigenvalue weighted by atomic mass is 10.1. The van der Waals surface area contributed by atoms with Crippen LogP contribution in [0.2, 0.25) is 0 Å². The zero-order valence-electron chi connectivity index (χ0n) is 13.2. The van der Waals surface area contributed by atoms with Crippen molar-refractivity contribution < 1.29 is 14.3 Å².